The van der Waals surface area contributed by atoms with Gasteiger partial charge in [0.2, 0.25) is 5.91 Å². The number of carbonyl (C=O) groups is 1. The van der Waals surface area contributed by atoms with Gasteiger partial charge in [0, 0.05) is 19.0 Å². The van der Waals surface area contributed by atoms with Gasteiger partial charge in [-0.05, 0) is 52.8 Å². The van der Waals surface area contributed by atoms with Crippen LogP contribution in [0.1, 0.15) is 59.6 Å². The molecule has 2 saturated heterocycles. The number of aromatic nitrogens is 2. The number of aliphatic hydroxyl groups excluding tert-OH is 1. The van der Waals surface area contributed by atoms with Gasteiger partial charge in [-0.25, -0.2) is 4.79 Å². The summed E-state index contributed by atoms with van der Waals surface area (Å²) in [7, 11) is 3.85. The Morgan fingerprint density at radius 1 is 1.30 bits per heavy atom. The summed E-state index contributed by atoms with van der Waals surface area (Å²) in [6.45, 7) is 7.75. The summed E-state index contributed by atoms with van der Waals surface area (Å²) in [6.07, 6.45) is 1.46. The van der Waals surface area contributed by atoms with E-state index < -0.39 is 24.3 Å². The second-order valence-electron chi connectivity index (χ2n) is 9.72. The molecule has 0 aromatic carbocycles. The van der Waals surface area contributed by atoms with E-state index in [1.165, 1.54) is 4.57 Å². The number of likely N-dealkylation sites (N-methyl/N-ethyl adjacent to an activating group) is 1. The summed E-state index contributed by atoms with van der Waals surface area (Å²) in [6, 6.07) is 1.53. The zero-order valence-electron chi connectivity index (χ0n) is 20.4. The Morgan fingerprint density at radius 3 is 2.61 bits per heavy atom. The first-order valence-electron chi connectivity index (χ1n) is 11.7. The Hall–Kier alpha value is -1.85. The second kappa shape index (κ2) is 11.1. The minimum atomic E-state index is -0.537. The van der Waals surface area contributed by atoms with E-state index in [1.54, 1.807) is 12.3 Å². The lowest BCUT2D eigenvalue weighted by Crippen LogP contribution is -2.55. The van der Waals surface area contributed by atoms with Crippen LogP contribution in [0, 0.1) is 5.92 Å². The fraction of sp³-hybridized carbons (Fsp3) is 0.783. The Labute approximate surface area is 195 Å². The van der Waals surface area contributed by atoms with E-state index in [0.717, 1.165) is 0 Å². The van der Waals surface area contributed by atoms with Crippen LogP contribution in [0.25, 0.3) is 0 Å². The van der Waals surface area contributed by atoms with Crippen LogP contribution in [0.4, 0.5) is 5.82 Å². The van der Waals surface area contributed by atoms with Crippen molar-refractivity contribution in [2.45, 2.75) is 96.4 Å². The maximum absolute atomic E-state index is 12.5. The van der Waals surface area contributed by atoms with Crippen LogP contribution in [0.5, 0.6) is 0 Å². The van der Waals surface area contributed by atoms with Gasteiger partial charge in [0.25, 0.3) is 0 Å². The number of carbonyl (C=O) groups excluding carboxylic acids is 1. The molecule has 1 unspecified atom stereocenters. The summed E-state index contributed by atoms with van der Waals surface area (Å²) in [5.41, 5.74) is -0.476. The molecule has 186 valence electrons. The molecular formula is C23H38N4O6. The van der Waals surface area contributed by atoms with Gasteiger partial charge < -0.3 is 29.5 Å². The van der Waals surface area contributed by atoms with Gasteiger partial charge in [0.15, 0.2) is 6.29 Å². The maximum atomic E-state index is 12.5. The summed E-state index contributed by atoms with van der Waals surface area (Å²) in [5, 5.41) is 13.2. The molecule has 3 rings (SSSR count). The average molecular weight is 467 g/mol. The highest BCUT2D eigenvalue weighted by Gasteiger charge is 2.40. The lowest BCUT2D eigenvalue weighted by atomic mass is 9.98. The van der Waals surface area contributed by atoms with Crippen LogP contribution in [0.15, 0.2) is 17.1 Å². The number of rotatable bonds is 7. The van der Waals surface area contributed by atoms with E-state index in [9.17, 15) is 14.7 Å². The molecule has 2 N–H and O–H groups in total. The molecule has 2 aliphatic rings. The maximum Gasteiger partial charge on any atom is 0.351 e. The van der Waals surface area contributed by atoms with Crippen LogP contribution >= 0.6 is 0 Å². The molecule has 3 heterocycles. The normalized spacial score (nSPS) is 32.8. The summed E-state index contributed by atoms with van der Waals surface area (Å²) >= 11 is 0. The van der Waals surface area contributed by atoms with E-state index in [2.05, 4.69) is 10.3 Å². The fourth-order valence-corrected chi connectivity index (χ4v) is 4.67. The van der Waals surface area contributed by atoms with Gasteiger partial charge in [0.05, 0.1) is 30.5 Å². The standard InChI is InChI=1S/C23H38N4O6/c1-13(2)11-19(29)24-18-9-10-27(23(30)25-18)20-8-7-17(14(3)31-20)33-21-12-16(28)22(26(5)6)15(4)32-21/h9-10,13-17,20-22,28H,7-8,11-12H2,1-6H3,(H,24,25,29,30)/t14-,15-,16+,17+,20-,21?,22-/m1/s1. The van der Waals surface area contributed by atoms with E-state index >= 15 is 0 Å². The molecule has 1 amide bonds. The third kappa shape index (κ3) is 6.60. The number of nitrogens with zero attached hydrogens (tertiary/aromatic N) is 3. The van der Waals surface area contributed by atoms with Crippen molar-refractivity contribution in [2.24, 2.45) is 5.92 Å². The minimum absolute atomic E-state index is 0.0771. The lowest BCUT2D eigenvalue weighted by Gasteiger charge is -2.43. The van der Waals surface area contributed by atoms with Crippen molar-refractivity contribution in [2.75, 3.05) is 19.4 Å². The van der Waals surface area contributed by atoms with Crippen molar-refractivity contribution in [1.29, 1.82) is 0 Å². The highest BCUT2D eigenvalue weighted by molar-refractivity contribution is 5.89. The number of aliphatic hydroxyl groups is 1. The van der Waals surface area contributed by atoms with Gasteiger partial charge in [-0.1, -0.05) is 13.8 Å². The summed E-state index contributed by atoms with van der Waals surface area (Å²) in [4.78, 5) is 30.4. The molecule has 0 aliphatic carbocycles. The fourth-order valence-electron chi connectivity index (χ4n) is 4.67. The van der Waals surface area contributed by atoms with Crippen molar-refractivity contribution < 1.29 is 24.1 Å². The largest absolute Gasteiger partial charge is 0.391 e. The predicted octanol–water partition coefficient (Wildman–Crippen LogP) is 1.74. The molecule has 2 aliphatic heterocycles. The SMILES string of the molecule is CC(C)CC(=O)Nc1ccn([C@H]2CC[C@H](OC3C[C@H](O)[C@H](N(C)C)[C@@H](C)O3)[C@@H](C)O2)c(=O)n1. The first-order valence-corrected chi connectivity index (χ1v) is 11.7. The Balaban J connectivity index is 1.56. The highest BCUT2D eigenvalue weighted by atomic mass is 16.7. The van der Waals surface area contributed by atoms with Gasteiger partial charge >= 0.3 is 5.69 Å². The Bertz CT molecular complexity index is 848. The van der Waals surface area contributed by atoms with E-state index in [0.29, 0.717) is 25.7 Å². The van der Waals surface area contributed by atoms with Crippen molar-refractivity contribution in [3.05, 3.63) is 22.7 Å². The van der Waals surface area contributed by atoms with Crippen LogP contribution in [0.2, 0.25) is 0 Å². The molecule has 2 fully saturated rings. The molecule has 0 saturated carbocycles. The van der Waals surface area contributed by atoms with E-state index in [4.69, 9.17) is 14.2 Å². The third-order valence-electron chi connectivity index (χ3n) is 6.19. The van der Waals surface area contributed by atoms with Crippen molar-refractivity contribution in [1.82, 2.24) is 14.5 Å². The molecule has 10 heteroatoms. The molecule has 0 spiro atoms. The molecule has 0 radical (unpaired) electrons. The lowest BCUT2D eigenvalue weighted by molar-refractivity contribution is -0.273. The minimum Gasteiger partial charge on any atom is -0.391 e. The molecular weight excluding hydrogens is 428 g/mol. The van der Waals surface area contributed by atoms with E-state index in [1.807, 2.05) is 46.7 Å². The third-order valence-corrected chi connectivity index (χ3v) is 6.19. The highest BCUT2D eigenvalue weighted by Crippen LogP contribution is 2.31. The van der Waals surface area contributed by atoms with Crippen molar-refractivity contribution in [3.8, 4) is 0 Å². The van der Waals surface area contributed by atoms with Gasteiger partial charge in [-0.15, -0.1) is 0 Å². The molecule has 33 heavy (non-hydrogen) atoms. The zero-order valence-corrected chi connectivity index (χ0v) is 20.4. The summed E-state index contributed by atoms with van der Waals surface area (Å²) in [5.74, 6) is 0.293. The smallest absolute Gasteiger partial charge is 0.351 e. The topological polar surface area (TPSA) is 115 Å². The van der Waals surface area contributed by atoms with Crippen LogP contribution in [-0.2, 0) is 19.0 Å². The number of amides is 1. The van der Waals surface area contributed by atoms with Gasteiger partial charge in [0.1, 0.15) is 12.0 Å². The number of ether oxygens (including phenoxy) is 3. The predicted molar refractivity (Wildman–Crippen MR) is 123 cm³/mol. The van der Waals surface area contributed by atoms with Gasteiger partial charge in [-0.3, -0.25) is 9.36 Å². The number of nitrogens with one attached hydrogen (secondary N) is 1. The van der Waals surface area contributed by atoms with Crippen LogP contribution in [-0.4, -0.2) is 76.3 Å². The van der Waals surface area contributed by atoms with Crippen molar-refractivity contribution >= 4 is 11.7 Å². The molecule has 1 aromatic heterocycles. The van der Waals surface area contributed by atoms with E-state index in [-0.39, 0.29) is 42.0 Å². The molecule has 1 aromatic rings. The second-order valence-corrected chi connectivity index (χ2v) is 9.72. The Kier molecular flexibility index (Phi) is 8.63. The molecule has 10 nitrogen and oxygen atoms in total. The van der Waals surface area contributed by atoms with Crippen molar-refractivity contribution in [3.63, 3.8) is 0 Å². The van der Waals surface area contributed by atoms with Gasteiger partial charge in [-0.2, -0.15) is 4.98 Å². The number of hydrogen-bond donors (Lipinski definition) is 2. The molecule has 0 bridgehead atoms. The first-order chi connectivity index (χ1) is 15.5. The van der Waals surface area contributed by atoms with Crippen LogP contribution in [0.3, 0.4) is 0 Å². The quantitative estimate of drug-likeness (QED) is 0.624. The summed E-state index contributed by atoms with van der Waals surface area (Å²) < 4.78 is 19.7. The monoisotopic (exact) mass is 466 g/mol. The first kappa shape index (κ1) is 25.8. The Morgan fingerprint density at radius 2 is 2.03 bits per heavy atom. The average Bonchev–Trinajstić information content (AvgIpc) is 2.68. The zero-order chi connectivity index (χ0) is 24.3. The number of hydrogen-bond acceptors (Lipinski definition) is 8. The number of anilines is 1. The molecule has 7 atom stereocenters. The van der Waals surface area contributed by atoms with Crippen LogP contribution < -0.4 is 11.0 Å².